The Morgan fingerprint density at radius 1 is 1.14 bits per heavy atom. The fraction of sp³-hybridized carbons (Fsp3) is 0.481. The average Bonchev–Trinajstić information content (AvgIpc) is 3.34. The molecular formula is C27H34ClN3O3S. The molecule has 0 saturated carbocycles. The summed E-state index contributed by atoms with van der Waals surface area (Å²) >= 11 is 7.94. The molecule has 1 aromatic heterocycles. The zero-order valence-corrected chi connectivity index (χ0v) is 22.2. The maximum absolute atomic E-state index is 13.7. The molecule has 1 fully saturated rings. The molecule has 3 aromatic rings. The maximum Gasteiger partial charge on any atom is 0.260 e. The van der Waals surface area contributed by atoms with Crippen LogP contribution in [-0.2, 0) is 4.74 Å². The van der Waals surface area contributed by atoms with E-state index in [0.29, 0.717) is 28.9 Å². The van der Waals surface area contributed by atoms with Gasteiger partial charge in [-0.25, -0.2) is 4.98 Å². The number of aryl methyl sites for hydroxylation is 1. The standard InChI is InChI=1S/C27H34ClN3O3S/c1-3-4-5-17-34-22-10-8-21(9-11-22)26(32)31(14-6-13-30-15-18-33-19-16-30)27-29-24-20(2)7-12-23(28)25(24)35-27/h7-12H,3-6,13-19H2,1-2H3. The number of fused-ring (bicyclic) bond motifs is 1. The normalized spacial score (nSPS) is 14.4. The quantitative estimate of drug-likeness (QED) is 0.285. The molecule has 0 N–H and O–H groups in total. The summed E-state index contributed by atoms with van der Waals surface area (Å²) in [5, 5.41) is 1.35. The Kier molecular flexibility index (Phi) is 9.38. The van der Waals surface area contributed by atoms with Crippen LogP contribution in [0.3, 0.4) is 0 Å². The fourth-order valence-electron chi connectivity index (χ4n) is 4.16. The Hall–Kier alpha value is -2.19. The molecule has 0 unspecified atom stereocenters. The maximum atomic E-state index is 13.7. The third-order valence-electron chi connectivity index (χ3n) is 6.24. The molecule has 35 heavy (non-hydrogen) atoms. The van der Waals surface area contributed by atoms with E-state index < -0.39 is 0 Å². The number of hydrogen-bond acceptors (Lipinski definition) is 6. The van der Waals surface area contributed by atoms with Crippen molar-refractivity contribution in [1.29, 1.82) is 0 Å². The topological polar surface area (TPSA) is 54.9 Å². The molecular weight excluding hydrogens is 482 g/mol. The number of aromatic nitrogens is 1. The van der Waals surface area contributed by atoms with Gasteiger partial charge in [-0.05, 0) is 55.7 Å². The SMILES string of the molecule is CCCCCOc1ccc(C(=O)N(CCCN2CCOCC2)c2nc3c(C)ccc(Cl)c3s2)cc1. The van der Waals surface area contributed by atoms with Gasteiger partial charge in [0.2, 0.25) is 0 Å². The van der Waals surface area contributed by atoms with Crippen LogP contribution in [0.25, 0.3) is 10.2 Å². The number of halogens is 1. The second kappa shape index (κ2) is 12.7. The van der Waals surface area contributed by atoms with E-state index in [1.54, 1.807) is 4.90 Å². The van der Waals surface area contributed by atoms with Crippen LogP contribution in [0.15, 0.2) is 36.4 Å². The largest absolute Gasteiger partial charge is 0.494 e. The number of rotatable bonds is 11. The van der Waals surface area contributed by atoms with Gasteiger partial charge in [-0.1, -0.05) is 48.8 Å². The molecule has 1 aliphatic rings. The second-order valence-corrected chi connectivity index (χ2v) is 10.3. The molecule has 8 heteroatoms. The van der Waals surface area contributed by atoms with Gasteiger partial charge in [0.15, 0.2) is 5.13 Å². The highest BCUT2D eigenvalue weighted by atomic mass is 35.5. The van der Waals surface area contributed by atoms with Crippen molar-refractivity contribution in [3.63, 3.8) is 0 Å². The lowest BCUT2D eigenvalue weighted by atomic mass is 10.2. The Morgan fingerprint density at radius 3 is 2.63 bits per heavy atom. The van der Waals surface area contributed by atoms with Crippen LogP contribution in [0, 0.1) is 6.92 Å². The lowest BCUT2D eigenvalue weighted by Crippen LogP contribution is -2.39. The van der Waals surface area contributed by atoms with E-state index in [9.17, 15) is 4.79 Å². The second-order valence-electron chi connectivity index (χ2n) is 8.88. The Morgan fingerprint density at radius 2 is 1.91 bits per heavy atom. The third-order valence-corrected chi connectivity index (χ3v) is 7.78. The predicted molar refractivity (Wildman–Crippen MR) is 144 cm³/mol. The number of unbranched alkanes of at least 4 members (excludes halogenated alkanes) is 2. The third kappa shape index (κ3) is 6.73. The molecule has 2 aromatic carbocycles. The number of benzene rings is 2. The fourth-order valence-corrected chi connectivity index (χ4v) is 5.50. The minimum atomic E-state index is -0.0580. The number of anilines is 1. The molecule has 0 aliphatic carbocycles. The minimum Gasteiger partial charge on any atom is -0.494 e. The van der Waals surface area contributed by atoms with Crippen molar-refractivity contribution < 1.29 is 14.3 Å². The van der Waals surface area contributed by atoms with Gasteiger partial charge in [0.25, 0.3) is 5.91 Å². The van der Waals surface area contributed by atoms with E-state index in [-0.39, 0.29) is 5.91 Å². The van der Waals surface area contributed by atoms with Crippen LogP contribution in [-0.4, -0.2) is 61.8 Å². The molecule has 1 aliphatic heterocycles. The molecule has 188 valence electrons. The first kappa shape index (κ1) is 25.9. The molecule has 1 saturated heterocycles. The minimum absolute atomic E-state index is 0.0580. The molecule has 0 spiro atoms. The molecule has 4 rings (SSSR count). The molecule has 1 amide bonds. The number of carbonyl (C=O) groups is 1. The first-order valence-electron chi connectivity index (χ1n) is 12.5. The Bertz CT molecular complexity index is 1070. The zero-order valence-electron chi connectivity index (χ0n) is 20.6. The lowest BCUT2D eigenvalue weighted by molar-refractivity contribution is 0.0376. The van der Waals surface area contributed by atoms with Crippen molar-refractivity contribution in [3.05, 3.63) is 52.5 Å². The molecule has 0 radical (unpaired) electrons. The first-order valence-corrected chi connectivity index (χ1v) is 13.7. The number of thiazole rings is 1. The van der Waals surface area contributed by atoms with E-state index in [4.69, 9.17) is 26.1 Å². The van der Waals surface area contributed by atoms with Crippen molar-refractivity contribution in [2.45, 2.75) is 39.5 Å². The number of amides is 1. The average molecular weight is 516 g/mol. The van der Waals surface area contributed by atoms with Gasteiger partial charge in [-0.2, -0.15) is 0 Å². The first-order chi connectivity index (χ1) is 17.1. The number of hydrogen-bond donors (Lipinski definition) is 0. The van der Waals surface area contributed by atoms with Gasteiger partial charge in [0.05, 0.1) is 35.1 Å². The van der Waals surface area contributed by atoms with Gasteiger partial charge in [0, 0.05) is 31.7 Å². The summed E-state index contributed by atoms with van der Waals surface area (Å²) in [5.41, 5.74) is 2.54. The van der Waals surface area contributed by atoms with Crippen LogP contribution < -0.4 is 9.64 Å². The summed E-state index contributed by atoms with van der Waals surface area (Å²) in [6, 6.07) is 11.3. The van der Waals surface area contributed by atoms with Gasteiger partial charge in [-0.15, -0.1) is 0 Å². The summed E-state index contributed by atoms with van der Waals surface area (Å²) < 4.78 is 12.2. The highest BCUT2D eigenvalue weighted by Gasteiger charge is 2.23. The highest BCUT2D eigenvalue weighted by molar-refractivity contribution is 7.23. The van der Waals surface area contributed by atoms with Gasteiger partial charge in [-0.3, -0.25) is 14.6 Å². The number of nitrogens with zero attached hydrogens (tertiary/aromatic N) is 3. The van der Waals surface area contributed by atoms with Crippen LogP contribution in [0.4, 0.5) is 5.13 Å². The van der Waals surface area contributed by atoms with Crippen LogP contribution in [0.5, 0.6) is 5.75 Å². The molecule has 0 bridgehead atoms. The van der Waals surface area contributed by atoms with Crippen molar-refractivity contribution in [2.24, 2.45) is 0 Å². The monoisotopic (exact) mass is 515 g/mol. The smallest absolute Gasteiger partial charge is 0.260 e. The van der Waals surface area contributed by atoms with Gasteiger partial charge < -0.3 is 9.47 Å². The number of morpholine rings is 1. The predicted octanol–water partition coefficient (Wildman–Crippen LogP) is 6.20. The van der Waals surface area contributed by atoms with Crippen LogP contribution in [0.2, 0.25) is 5.02 Å². The van der Waals surface area contributed by atoms with Crippen molar-refractivity contribution in [1.82, 2.24) is 9.88 Å². The summed E-state index contributed by atoms with van der Waals surface area (Å²) in [6.07, 6.45) is 4.21. The van der Waals surface area contributed by atoms with Crippen molar-refractivity contribution in [2.75, 3.05) is 50.9 Å². The highest BCUT2D eigenvalue weighted by Crippen LogP contribution is 2.36. The lowest BCUT2D eigenvalue weighted by Gasteiger charge is -2.27. The van der Waals surface area contributed by atoms with Crippen LogP contribution >= 0.6 is 22.9 Å². The van der Waals surface area contributed by atoms with E-state index in [0.717, 1.165) is 80.1 Å². The van der Waals surface area contributed by atoms with Gasteiger partial charge >= 0.3 is 0 Å². The van der Waals surface area contributed by atoms with E-state index in [1.165, 1.54) is 11.3 Å². The van der Waals surface area contributed by atoms with Crippen molar-refractivity contribution >= 4 is 44.2 Å². The molecule has 0 atom stereocenters. The number of carbonyl (C=O) groups excluding carboxylic acids is 1. The summed E-state index contributed by atoms with van der Waals surface area (Å²) in [4.78, 5) is 22.7. The summed E-state index contributed by atoms with van der Waals surface area (Å²) in [6.45, 7) is 9.80. The molecule has 2 heterocycles. The van der Waals surface area contributed by atoms with Crippen LogP contribution in [0.1, 0.15) is 48.5 Å². The molecule has 6 nitrogen and oxygen atoms in total. The van der Waals surface area contributed by atoms with E-state index in [1.807, 2.05) is 43.3 Å². The Labute approximate surface area is 216 Å². The zero-order chi connectivity index (χ0) is 24.6. The van der Waals surface area contributed by atoms with Gasteiger partial charge in [0.1, 0.15) is 5.75 Å². The van der Waals surface area contributed by atoms with Crippen molar-refractivity contribution in [3.8, 4) is 5.75 Å². The van der Waals surface area contributed by atoms with E-state index >= 15 is 0 Å². The summed E-state index contributed by atoms with van der Waals surface area (Å²) in [5.74, 6) is 0.733. The number of ether oxygens (including phenoxy) is 2. The van der Waals surface area contributed by atoms with E-state index in [2.05, 4.69) is 11.8 Å². The summed E-state index contributed by atoms with van der Waals surface area (Å²) in [7, 11) is 0. The Balaban J connectivity index is 1.52.